The second-order valence-electron chi connectivity index (χ2n) is 4.78. The number of Topliss-reactive ketones (excluding diaryl/α,β-unsaturated/α-hetero) is 1. The molecule has 3 N–H and O–H groups in total. The van der Waals surface area contributed by atoms with Crippen LogP contribution in [-0.4, -0.2) is 25.7 Å². The highest BCUT2D eigenvalue weighted by molar-refractivity contribution is 5.98. The number of hydrogen-bond donors (Lipinski definition) is 3. The molecule has 0 radical (unpaired) electrons. The molecular formula is C11H14N4O3. The van der Waals surface area contributed by atoms with Gasteiger partial charge in [0.25, 0.3) is 5.56 Å². The van der Waals surface area contributed by atoms with Gasteiger partial charge >= 0.3 is 5.69 Å². The summed E-state index contributed by atoms with van der Waals surface area (Å²) in [7, 11) is 0. The lowest BCUT2D eigenvalue weighted by Crippen LogP contribution is -2.24. The van der Waals surface area contributed by atoms with Crippen molar-refractivity contribution in [3.05, 3.63) is 26.7 Å². The van der Waals surface area contributed by atoms with Gasteiger partial charge in [-0.2, -0.15) is 0 Å². The van der Waals surface area contributed by atoms with Crippen LogP contribution in [0.5, 0.6) is 0 Å². The molecule has 0 fully saturated rings. The number of carbonyl (C=O) groups excluding carboxylic acids is 1. The van der Waals surface area contributed by atoms with Crippen molar-refractivity contribution < 1.29 is 4.79 Å². The largest absolute Gasteiger partial charge is 0.330 e. The van der Waals surface area contributed by atoms with Crippen LogP contribution in [0.25, 0.3) is 11.2 Å². The second kappa shape index (κ2) is 3.94. The molecule has 0 aliphatic heterocycles. The minimum atomic E-state index is -0.646. The molecule has 0 atom stereocenters. The van der Waals surface area contributed by atoms with Gasteiger partial charge in [-0.15, -0.1) is 0 Å². The Kier molecular flexibility index (Phi) is 2.68. The van der Waals surface area contributed by atoms with E-state index in [9.17, 15) is 14.4 Å². The minimum absolute atomic E-state index is 0.0872. The van der Waals surface area contributed by atoms with Crippen molar-refractivity contribution in [1.82, 2.24) is 19.9 Å². The topological polar surface area (TPSA) is 111 Å². The van der Waals surface area contributed by atoms with Crippen LogP contribution in [0, 0.1) is 5.41 Å². The number of aromatic amines is 3. The molecular weight excluding hydrogens is 236 g/mol. The Hall–Kier alpha value is -2.18. The van der Waals surface area contributed by atoms with E-state index in [0.717, 1.165) is 0 Å². The van der Waals surface area contributed by atoms with Crippen molar-refractivity contribution in [2.75, 3.05) is 0 Å². The van der Waals surface area contributed by atoms with Gasteiger partial charge in [-0.1, -0.05) is 20.8 Å². The van der Waals surface area contributed by atoms with E-state index in [1.807, 2.05) is 6.92 Å². The molecule has 0 saturated carbocycles. The fourth-order valence-electron chi connectivity index (χ4n) is 1.52. The molecule has 0 bridgehead atoms. The molecule has 0 aliphatic rings. The van der Waals surface area contributed by atoms with Gasteiger partial charge in [0.2, 0.25) is 5.78 Å². The molecule has 0 aliphatic carbocycles. The van der Waals surface area contributed by atoms with Crippen LogP contribution in [0.15, 0.2) is 9.59 Å². The number of aromatic nitrogens is 4. The number of imidazole rings is 1. The fraction of sp³-hybridized carbons (Fsp3) is 0.455. The van der Waals surface area contributed by atoms with Gasteiger partial charge in [0.1, 0.15) is 5.52 Å². The quantitative estimate of drug-likeness (QED) is 0.691. The highest BCUT2D eigenvalue weighted by Gasteiger charge is 2.29. The maximum absolute atomic E-state index is 12.2. The van der Waals surface area contributed by atoms with Crippen LogP contribution in [0.2, 0.25) is 0 Å². The van der Waals surface area contributed by atoms with Gasteiger partial charge in [-0.3, -0.25) is 19.6 Å². The Morgan fingerprint density at radius 2 is 1.89 bits per heavy atom. The molecule has 2 aromatic heterocycles. The summed E-state index contributed by atoms with van der Waals surface area (Å²) in [5, 5.41) is 0. The normalized spacial score (nSPS) is 11.9. The SMILES string of the molecule is CCC(C)(C)C(=O)c1nc2[nH]c(=O)[nH]c(=O)c2[nH]1. The van der Waals surface area contributed by atoms with Crippen LogP contribution in [-0.2, 0) is 0 Å². The zero-order chi connectivity index (χ0) is 13.5. The summed E-state index contributed by atoms with van der Waals surface area (Å²) >= 11 is 0. The van der Waals surface area contributed by atoms with E-state index in [1.54, 1.807) is 13.8 Å². The average molecular weight is 250 g/mol. The molecule has 0 saturated heterocycles. The van der Waals surface area contributed by atoms with E-state index >= 15 is 0 Å². The van der Waals surface area contributed by atoms with E-state index in [0.29, 0.717) is 6.42 Å². The molecule has 0 aromatic carbocycles. The molecule has 2 rings (SSSR count). The van der Waals surface area contributed by atoms with Crippen molar-refractivity contribution in [3.8, 4) is 0 Å². The third-order valence-corrected chi connectivity index (χ3v) is 3.10. The van der Waals surface area contributed by atoms with Crippen LogP contribution in [0.1, 0.15) is 37.8 Å². The predicted molar refractivity (Wildman–Crippen MR) is 65.7 cm³/mol. The highest BCUT2D eigenvalue weighted by atomic mass is 16.2. The minimum Gasteiger partial charge on any atom is -0.330 e. The summed E-state index contributed by atoms with van der Waals surface area (Å²) in [5.41, 5.74) is -1.60. The smallest absolute Gasteiger partial charge is 0.327 e. The lowest BCUT2D eigenvalue weighted by Gasteiger charge is -2.18. The van der Waals surface area contributed by atoms with Crippen molar-refractivity contribution in [3.63, 3.8) is 0 Å². The summed E-state index contributed by atoms with van der Waals surface area (Å²) in [5.74, 6) is -0.106. The maximum atomic E-state index is 12.2. The number of hydrogen-bond acceptors (Lipinski definition) is 4. The fourth-order valence-corrected chi connectivity index (χ4v) is 1.52. The molecule has 18 heavy (non-hydrogen) atoms. The molecule has 7 nitrogen and oxygen atoms in total. The van der Waals surface area contributed by atoms with Crippen molar-refractivity contribution in [1.29, 1.82) is 0 Å². The number of nitrogens with zero attached hydrogens (tertiary/aromatic N) is 1. The average Bonchev–Trinajstić information content (AvgIpc) is 2.71. The van der Waals surface area contributed by atoms with Crippen LogP contribution < -0.4 is 11.2 Å². The number of rotatable bonds is 3. The number of carbonyl (C=O) groups is 1. The van der Waals surface area contributed by atoms with Crippen molar-refractivity contribution >= 4 is 16.9 Å². The maximum Gasteiger partial charge on any atom is 0.327 e. The Morgan fingerprint density at radius 1 is 1.22 bits per heavy atom. The number of H-pyrrole nitrogens is 3. The first-order chi connectivity index (χ1) is 8.35. The van der Waals surface area contributed by atoms with E-state index < -0.39 is 16.7 Å². The lowest BCUT2D eigenvalue weighted by molar-refractivity contribution is 0.0823. The summed E-state index contributed by atoms with van der Waals surface area (Å²) in [4.78, 5) is 45.8. The van der Waals surface area contributed by atoms with Crippen LogP contribution in [0.4, 0.5) is 0 Å². The third-order valence-electron chi connectivity index (χ3n) is 3.10. The number of fused-ring (bicyclic) bond motifs is 1. The summed E-state index contributed by atoms with van der Waals surface area (Å²) in [6.07, 6.45) is 0.649. The first kappa shape index (κ1) is 12.3. The standard InChI is InChI=1S/C11H14N4O3/c1-4-11(2,3)6(16)8-12-5-7(13-8)14-10(18)15-9(5)17/h4H2,1-3H3,(H3,12,13,14,15,17,18). The first-order valence-electron chi connectivity index (χ1n) is 5.62. The number of ketones is 1. The molecule has 2 heterocycles. The number of nitrogens with one attached hydrogen (secondary N) is 3. The Morgan fingerprint density at radius 3 is 2.50 bits per heavy atom. The van der Waals surface area contributed by atoms with E-state index in [2.05, 4.69) is 19.9 Å². The van der Waals surface area contributed by atoms with Gasteiger partial charge in [0, 0.05) is 5.41 Å². The molecule has 96 valence electrons. The van der Waals surface area contributed by atoms with Gasteiger partial charge < -0.3 is 4.98 Å². The Balaban J connectivity index is 2.62. The summed E-state index contributed by atoms with van der Waals surface area (Å²) < 4.78 is 0. The molecule has 0 amide bonds. The van der Waals surface area contributed by atoms with Crippen LogP contribution in [0.3, 0.4) is 0 Å². The molecule has 0 unspecified atom stereocenters. The summed E-state index contributed by atoms with van der Waals surface area (Å²) in [6.45, 7) is 5.50. The molecule has 0 spiro atoms. The van der Waals surface area contributed by atoms with Gasteiger partial charge in [-0.05, 0) is 6.42 Å². The Bertz CT molecular complexity index is 720. The first-order valence-corrected chi connectivity index (χ1v) is 5.62. The van der Waals surface area contributed by atoms with E-state index in [1.165, 1.54) is 0 Å². The third kappa shape index (κ3) is 1.87. The highest BCUT2D eigenvalue weighted by Crippen LogP contribution is 2.24. The van der Waals surface area contributed by atoms with Crippen molar-refractivity contribution in [2.24, 2.45) is 5.41 Å². The van der Waals surface area contributed by atoms with Gasteiger partial charge in [-0.25, -0.2) is 9.78 Å². The molecule has 2 aromatic rings. The van der Waals surface area contributed by atoms with Crippen molar-refractivity contribution in [2.45, 2.75) is 27.2 Å². The second-order valence-corrected chi connectivity index (χ2v) is 4.78. The van der Waals surface area contributed by atoms with E-state index in [-0.39, 0.29) is 22.8 Å². The van der Waals surface area contributed by atoms with Gasteiger partial charge in [0.15, 0.2) is 11.5 Å². The molecule has 7 heteroatoms. The zero-order valence-electron chi connectivity index (χ0n) is 10.4. The zero-order valence-corrected chi connectivity index (χ0v) is 10.4. The predicted octanol–water partition coefficient (Wildman–Crippen LogP) is 0.558. The lowest BCUT2D eigenvalue weighted by atomic mass is 9.85. The summed E-state index contributed by atoms with van der Waals surface area (Å²) in [6, 6.07) is 0. The van der Waals surface area contributed by atoms with E-state index in [4.69, 9.17) is 0 Å². The Labute approximate surface area is 102 Å². The monoisotopic (exact) mass is 250 g/mol. The van der Waals surface area contributed by atoms with Crippen LogP contribution >= 0.6 is 0 Å². The van der Waals surface area contributed by atoms with Gasteiger partial charge in [0.05, 0.1) is 0 Å².